The van der Waals surface area contributed by atoms with Crippen LogP contribution in [-0.2, 0) is 12.8 Å². The lowest BCUT2D eigenvalue weighted by Crippen LogP contribution is -2.26. The Hall–Kier alpha value is -0.820. The summed E-state index contributed by atoms with van der Waals surface area (Å²) in [5.74, 6) is 1.40. The van der Waals surface area contributed by atoms with E-state index in [1.807, 2.05) is 0 Å². The molecule has 0 saturated heterocycles. The predicted molar refractivity (Wildman–Crippen MR) is 77.1 cm³/mol. The minimum Gasteiger partial charge on any atom is -0.314 e. The molecule has 18 heavy (non-hydrogen) atoms. The van der Waals surface area contributed by atoms with Crippen LogP contribution in [0, 0.1) is 5.92 Å². The lowest BCUT2D eigenvalue weighted by atomic mass is 9.87. The molecule has 1 nitrogen and oxygen atoms in total. The molecule has 2 atom stereocenters. The molecular weight excluding hydrogens is 218 g/mol. The van der Waals surface area contributed by atoms with Gasteiger partial charge < -0.3 is 5.32 Å². The van der Waals surface area contributed by atoms with Crippen LogP contribution in [0.15, 0.2) is 18.2 Å². The van der Waals surface area contributed by atoms with Crippen molar-refractivity contribution in [2.75, 3.05) is 6.54 Å². The Balaban J connectivity index is 1.64. The van der Waals surface area contributed by atoms with Gasteiger partial charge in [-0.25, -0.2) is 0 Å². The minimum atomic E-state index is 0.669. The van der Waals surface area contributed by atoms with Crippen molar-refractivity contribution in [3.8, 4) is 0 Å². The molecule has 1 saturated carbocycles. The van der Waals surface area contributed by atoms with Crippen LogP contribution >= 0.6 is 0 Å². The van der Waals surface area contributed by atoms with Gasteiger partial charge in [0.25, 0.3) is 0 Å². The van der Waals surface area contributed by atoms with E-state index >= 15 is 0 Å². The predicted octanol–water partition coefficient (Wildman–Crippen LogP) is 3.67. The van der Waals surface area contributed by atoms with Gasteiger partial charge in [-0.15, -0.1) is 0 Å². The molecule has 0 heterocycles. The van der Waals surface area contributed by atoms with E-state index in [2.05, 4.69) is 37.4 Å². The van der Waals surface area contributed by atoms with Crippen LogP contribution in [0.3, 0.4) is 0 Å². The average molecular weight is 243 g/mol. The Morgan fingerprint density at radius 1 is 1.17 bits per heavy atom. The van der Waals surface area contributed by atoms with Crippen molar-refractivity contribution in [2.45, 2.75) is 57.9 Å². The fraction of sp³-hybridized carbons (Fsp3) is 0.647. The second-order valence-electron chi connectivity index (χ2n) is 6.33. The van der Waals surface area contributed by atoms with Crippen molar-refractivity contribution in [1.82, 2.24) is 5.32 Å². The van der Waals surface area contributed by atoms with Crippen LogP contribution in [0.4, 0.5) is 0 Å². The molecule has 0 spiro atoms. The quantitative estimate of drug-likeness (QED) is 0.832. The molecule has 1 N–H and O–H groups in total. The molecule has 0 bridgehead atoms. The number of rotatable bonds is 5. The number of hydrogen-bond donors (Lipinski definition) is 1. The van der Waals surface area contributed by atoms with Crippen molar-refractivity contribution in [1.29, 1.82) is 0 Å². The zero-order chi connectivity index (χ0) is 12.5. The maximum Gasteiger partial charge on any atom is 0.00683 e. The van der Waals surface area contributed by atoms with E-state index in [9.17, 15) is 0 Å². The Morgan fingerprint density at radius 2 is 1.94 bits per heavy atom. The van der Waals surface area contributed by atoms with Gasteiger partial charge in [0.2, 0.25) is 0 Å². The maximum absolute atomic E-state index is 3.66. The molecule has 98 valence electrons. The summed E-state index contributed by atoms with van der Waals surface area (Å²) in [5.41, 5.74) is 4.75. The fourth-order valence-electron chi connectivity index (χ4n) is 3.02. The number of nitrogens with one attached hydrogen (secondary N) is 1. The third-order valence-electron chi connectivity index (χ3n) is 4.81. The Bertz CT molecular complexity index is 420. The van der Waals surface area contributed by atoms with Gasteiger partial charge in [0.05, 0.1) is 0 Å². The summed E-state index contributed by atoms with van der Waals surface area (Å²) in [7, 11) is 0. The minimum absolute atomic E-state index is 0.669. The first-order chi connectivity index (χ1) is 8.74. The van der Waals surface area contributed by atoms with Crippen LogP contribution < -0.4 is 5.32 Å². The number of hydrogen-bond acceptors (Lipinski definition) is 1. The van der Waals surface area contributed by atoms with E-state index in [0.717, 1.165) is 12.0 Å². The summed E-state index contributed by atoms with van der Waals surface area (Å²) in [5, 5.41) is 3.66. The van der Waals surface area contributed by atoms with Crippen molar-refractivity contribution >= 4 is 0 Å². The average Bonchev–Trinajstić information content (AvgIpc) is 3.10. The van der Waals surface area contributed by atoms with Crippen LogP contribution in [0.2, 0.25) is 0 Å². The third kappa shape index (κ3) is 2.61. The van der Waals surface area contributed by atoms with Gasteiger partial charge in [-0.05, 0) is 67.2 Å². The largest absolute Gasteiger partial charge is 0.314 e. The van der Waals surface area contributed by atoms with Crippen molar-refractivity contribution in [3.05, 3.63) is 34.9 Å². The highest BCUT2D eigenvalue weighted by Crippen LogP contribution is 2.30. The molecule has 2 aliphatic carbocycles. The Kier molecular flexibility index (Phi) is 3.43. The first kappa shape index (κ1) is 12.2. The van der Waals surface area contributed by atoms with Gasteiger partial charge in [-0.3, -0.25) is 0 Å². The molecule has 1 heteroatoms. The van der Waals surface area contributed by atoms with E-state index in [1.165, 1.54) is 38.6 Å². The van der Waals surface area contributed by atoms with Gasteiger partial charge >= 0.3 is 0 Å². The van der Waals surface area contributed by atoms with E-state index in [4.69, 9.17) is 0 Å². The second kappa shape index (κ2) is 5.05. The molecule has 3 rings (SSSR count). The Morgan fingerprint density at radius 3 is 2.72 bits per heavy atom. The van der Waals surface area contributed by atoms with Crippen LogP contribution in [-0.4, -0.2) is 12.6 Å². The van der Waals surface area contributed by atoms with Gasteiger partial charge in [-0.1, -0.05) is 32.0 Å². The first-order valence-corrected chi connectivity index (χ1v) is 7.59. The van der Waals surface area contributed by atoms with Crippen molar-refractivity contribution in [2.24, 2.45) is 5.92 Å². The zero-order valence-corrected chi connectivity index (χ0v) is 11.7. The highest BCUT2D eigenvalue weighted by atomic mass is 14.9. The van der Waals surface area contributed by atoms with E-state index in [-0.39, 0.29) is 0 Å². The monoisotopic (exact) mass is 243 g/mol. The molecule has 1 aromatic carbocycles. The molecule has 1 fully saturated rings. The lowest BCUT2D eigenvalue weighted by molar-refractivity contribution is 0.446. The highest BCUT2D eigenvalue weighted by Gasteiger charge is 2.23. The van der Waals surface area contributed by atoms with E-state index < -0.39 is 0 Å². The SMILES string of the molecule is CC(CNC1CC1)C(C)c1ccc2c(c1)CCC2. The first-order valence-electron chi connectivity index (χ1n) is 7.59. The smallest absolute Gasteiger partial charge is 0.00683 e. The topological polar surface area (TPSA) is 12.0 Å². The van der Waals surface area contributed by atoms with E-state index in [0.29, 0.717) is 5.92 Å². The van der Waals surface area contributed by atoms with Crippen LogP contribution in [0.25, 0.3) is 0 Å². The number of benzene rings is 1. The maximum atomic E-state index is 3.66. The number of aryl methyl sites for hydroxylation is 2. The normalized spacial score (nSPS) is 21.7. The summed E-state index contributed by atoms with van der Waals surface area (Å²) in [6, 6.07) is 8.04. The molecular formula is C17H25N. The van der Waals surface area contributed by atoms with Gasteiger partial charge in [0.15, 0.2) is 0 Å². The molecule has 2 aliphatic rings. The Labute approximate surface area is 111 Å². The standard InChI is InChI=1S/C17H25N/c1-12(11-18-17-8-9-17)13(2)15-7-6-14-4-3-5-16(14)10-15/h6-7,10,12-13,17-18H,3-5,8-9,11H2,1-2H3. The van der Waals surface area contributed by atoms with Gasteiger partial charge in [0, 0.05) is 6.04 Å². The molecule has 1 aromatic rings. The van der Waals surface area contributed by atoms with E-state index in [1.54, 1.807) is 16.7 Å². The molecule has 0 aliphatic heterocycles. The summed E-state index contributed by atoms with van der Waals surface area (Å²) >= 11 is 0. The fourth-order valence-corrected chi connectivity index (χ4v) is 3.02. The molecule has 0 amide bonds. The van der Waals surface area contributed by atoms with Gasteiger partial charge in [-0.2, -0.15) is 0 Å². The zero-order valence-electron chi connectivity index (χ0n) is 11.7. The molecule has 0 aromatic heterocycles. The summed E-state index contributed by atoms with van der Waals surface area (Å²) < 4.78 is 0. The van der Waals surface area contributed by atoms with Crippen molar-refractivity contribution in [3.63, 3.8) is 0 Å². The van der Waals surface area contributed by atoms with Crippen molar-refractivity contribution < 1.29 is 0 Å². The van der Waals surface area contributed by atoms with Crippen LogP contribution in [0.5, 0.6) is 0 Å². The summed E-state index contributed by atoms with van der Waals surface area (Å²) in [4.78, 5) is 0. The molecule has 0 radical (unpaired) electrons. The summed E-state index contributed by atoms with van der Waals surface area (Å²) in [6.07, 6.45) is 6.72. The van der Waals surface area contributed by atoms with Crippen LogP contribution in [0.1, 0.15) is 55.7 Å². The molecule has 2 unspecified atom stereocenters. The van der Waals surface area contributed by atoms with Gasteiger partial charge in [0.1, 0.15) is 0 Å². The highest BCUT2D eigenvalue weighted by molar-refractivity contribution is 5.36. The third-order valence-corrected chi connectivity index (χ3v) is 4.81. The second-order valence-corrected chi connectivity index (χ2v) is 6.33. The lowest BCUT2D eigenvalue weighted by Gasteiger charge is -2.21. The number of fused-ring (bicyclic) bond motifs is 1. The summed E-state index contributed by atoms with van der Waals surface area (Å²) in [6.45, 7) is 5.94.